The van der Waals surface area contributed by atoms with Crippen LogP contribution in [-0.2, 0) is 4.74 Å². The van der Waals surface area contributed by atoms with E-state index in [4.69, 9.17) is 0 Å². The molecule has 13 heavy (non-hydrogen) atoms. The maximum absolute atomic E-state index is 10.9. The molecule has 0 aliphatic rings. The molecule has 0 aromatic carbocycles. The number of ether oxygens (including phenoxy) is 1. The first kappa shape index (κ1) is 9.72. The smallest absolute Gasteiger partial charge is 0.362 e. The van der Waals surface area contributed by atoms with E-state index in [-0.39, 0.29) is 10.2 Å². The van der Waals surface area contributed by atoms with E-state index in [1.165, 1.54) is 0 Å². The molecule has 1 heterocycles. The van der Waals surface area contributed by atoms with Gasteiger partial charge < -0.3 is 9.84 Å². The Morgan fingerprint density at radius 2 is 2.31 bits per heavy atom. The number of H-pyrrole nitrogens is 1. The predicted octanol–water partition coefficient (Wildman–Crippen LogP) is 0.0246. The van der Waals surface area contributed by atoms with E-state index in [9.17, 15) is 14.7 Å². The molecule has 0 saturated carbocycles. The van der Waals surface area contributed by atoms with Crippen molar-refractivity contribution in [1.29, 1.82) is 0 Å². The number of halogens is 1. The van der Waals surface area contributed by atoms with Crippen LogP contribution in [0.25, 0.3) is 0 Å². The number of aromatic nitrogens is 2. The Labute approximate surface area is 80.7 Å². The Hall–Kier alpha value is -1.37. The molecule has 6 nitrogen and oxygen atoms in total. The molecule has 0 saturated heterocycles. The summed E-state index contributed by atoms with van der Waals surface area (Å²) < 4.78 is 4.16. The Kier molecular flexibility index (Phi) is 2.66. The first-order valence-corrected chi connectivity index (χ1v) is 3.92. The highest BCUT2D eigenvalue weighted by Gasteiger charge is 2.17. The lowest BCUT2D eigenvalue weighted by Gasteiger charge is -2.00. The molecule has 0 unspecified atom stereocenters. The highest BCUT2D eigenvalue weighted by molar-refractivity contribution is 9.10. The topological polar surface area (TPSA) is 92.3 Å². The maximum atomic E-state index is 10.9. The first-order chi connectivity index (χ1) is 6.07. The Morgan fingerprint density at radius 1 is 1.69 bits per heavy atom. The standard InChI is InChI=1S/C6H5BrN2O4/c1-13-6(12)3-4(10)2(7)5(11)9-8-3/h1H3,(H2,9,10,11). The lowest BCUT2D eigenvalue weighted by molar-refractivity contribution is 0.0588. The number of hydrogen-bond donors (Lipinski definition) is 2. The second kappa shape index (κ2) is 3.56. The lowest BCUT2D eigenvalue weighted by atomic mass is 10.3. The van der Waals surface area contributed by atoms with Crippen molar-refractivity contribution in [2.45, 2.75) is 0 Å². The van der Waals surface area contributed by atoms with Gasteiger partial charge in [-0.05, 0) is 15.9 Å². The summed E-state index contributed by atoms with van der Waals surface area (Å²) in [7, 11) is 1.14. The quantitative estimate of drug-likeness (QED) is 0.684. The second-order valence-electron chi connectivity index (χ2n) is 2.06. The molecule has 0 amide bonds. The van der Waals surface area contributed by atoms with E-state index < -0.39 is 17.3 Å². The Bertz CT molecular complexity index is 400. The van der Waals surface area contributed by atoms with E-state index in [1.807, 2.05) is 5.10 Å². The third kappa shape index (κ3) is 1.69. The van der Waals surface area contributed by atoms with Crippen LogP contribution >= 0.6 is 15.9 Å². The fourth-order valence-electron chi connectivity index (χ4n) is 0.659. The largest absolute Gasteiger partial charge is 0.504 e. The third-order valence-electron chi connectivity index (χ3n) is 1.28. The number of nitrogens with one attached hydrogen (secondary N) is 1. The summed E-state index contributed by atoms with van der Waals surface area (Å²) in [5.41, 5.74) is -0.959. The SMILES string of the molecule is COC(=O)c1n[nH]c(=O)c(Br)c1O. The summed E-state index contributed by atoms with van der Waals surface area (Å²) in [5.74, 6) is -1.36. The van der Waals surface area contributed by atoms with E-state index in [0.717, 1.165) is 7.11 Å². The average molecular weight is 249 g/mol. The molecule has 0 radical (unpaired) electrons. The van der Waals surface area contributed by atoms with Crippen LogP contribution in [0.5, 0.6) is 5.75 Å². The van der Waals surface area contributed by atoms with Crippen LogP contribution in [0.1, 0.15) is 10.5 Å². The molecule has 0 fully saturated rings. The molecule has 0 aliphatic carbocycles. The molecule has 0 bridgehead atoms. The van der Waals surface area contributed by atoms with Gasteiger partial charge in [-0.2, -0.15) is 5.10 Å². The van der Waals surface area contributed by atoms with E-state index >= 15 is 0 Å². The van der Waals surface area contributed by atoms with Gasteiger partial charge in [0, 0.05) is 0 Å². The Balaban J connectivity index is 3.34. The van der Waals surface area contributed by atoms with Gasteiger partial charge in [0.15, 0.2) is 5.75 Å². The van der Waals surface area contributed by atoms with E-state index in [2.05, 4.69) is 25.8 Å². The van der Waals surface area contributed by atoms with E-state index in [1.54, 1.807) is 0 Å². The van der Waals surface area contributed by atoms with Crippen molar-refractivity contribution < 1.29 is 14.6 Å². The minimum Gasteiger partial charge on any atom is -0.504 e. The number of rotatable bonds is 1. The number of hydrogen-bond acceptors (Lipinski definition) is 5. The molecular formula is C6H5BrN2O4. The van der Waals surface area contributed by atoms with Crippen molar-refractivity contribution in [3.05, 3.63) is 20.5 Å². The molecule has 7 heteroatoms. The van der Waals surface area contributed by atoms with Crippen molar-refractivity contribution in [1.82, 2.24) is 10.2 Å². The fourth-order valence-corrected chi connectivity index (χ4v) is 0.936. The van der Waals surface area contributed by atoms with Crippen LogP contribution in [0.2, 0.25) is 0 Å². The van der Waals surface area contributed by atoms with Crippen molar-refractivity contribution >= 4 is 21.9 Å². The molecule has 0 aliphatic heterocycles. The molecule has 1 aromatic heterocycles. The number of carbonyl (C=O) groups is 1. The third-order valence-corrected chi connectivity index (χ3v) is 2.02. The molecular weight excluding hydrogens is 244 g/mol. The highest BCUT2D eigenvalue weighted by Crippen LogP contribution is 2.21. The number of aromatic amines is 1. The van der Waals surface area contributed by atoms with Crippen molar-refractivity contribution in [2.24, 2.45) is 0 Å². The van der Waals surface area contributed by atoms with Gasteiger partial charge in [0.2, 0.25) is 5.69 Å². The molecule has 1 aromatic rings. The zero-order chi connectivity index (χ0) is 10.0. The van der Waals surface area contributed by atoms with Crippen LogP contribution in [0.4, 0.5) is 0 Å². The van der Waals surface area contributed by atoms with Crippen LogP contribution < -0.4 is 5.56 Å². The number of aromatic hydroxyl groups is 1. The molecule has 0 spiro atoms. The summed E-state index contributed by atoms with van der Waals surface area (Å²) >= 11 is 2.79. The van der Waals surface area contributed by atoms with E-state index in [0.29, 0.717) is 0 Å². The fraction of sp³-hybridized carbons (Fsp3) is 0.167. The van der Waals surface area contributed by atoms with Gasteiger partial charge in [-0.25, -0.2) is 9.89 Å². The minimum atomic E-state index is -0.825. The summed E-state index contributed by atoms with van der Waals surface area (Å²) in [4.78, 5) is 21.7. The zero-order valence-electron chi connectivity index (χ0n) is 6.50. The van der Waals surface area contributed by atoms with Crippen LogP contribution in [0, 0.1) is 0 Å². The summed E-state index contributed by atoms with van der Waals surface area (Å²) in [6, 6.07) is 0. The number of carbonyl (C=O) groups excluding carboxylic acids is 1. The highest BCUT2D eigenvalue weighted by atomic mass is 79.9. The normalized spacial score (nSPS) is 9.69. The summed E-state index contributed by atoms with van der Waals surface area (Å²) in [5, 5.41) is 14.6. The first-order valence-electron chi connectivity index (χ1n) is 3.13. The monoisotopic (exact) mass is 248 g/mol. The van der Waals surface area contributed by atoms with Crippen molar-refractivity contribution in [3.8, 4) is 5.75 Å². The van der Waals surface area contributed by atoms with Crippen LogP contribution in [0.15, 0.2) is 9.27 Å². The van der Waals surface area contributed by atoms with Gasteiger partial charge in [-0.15, -0.1) is 0 Å². The Morgan fingerprint density at radius 3 is 2.85 bits per heavy atom. The van der Waals surface area contributed by atoms with Gasteiger partial charge in [0.05, 0.1) is 7.11 Å². The van der Waals surface area contributed by atoms with Gasteiger partial charge in [0.25, 0.3) is 5.56 Å². The molecule has 70 valence electrons. The van der Waals surface area contributed by atoms with Gasteiger partial charge in [0.1, 0.15) is 4.47 Å². The maximum Gasteiger partial charge on any atom is 0.362 e. The zero-order valence-corrected chi connectivity index (χ0v) is 8.08. The van der Waals surface area contributed by atoms with Gasteiger partial charge >= 0.3 is 5.97 Å². The number of methoxy groups -OCH3 is 1. The van der Waals surface area contributed by atoms with Crippen LogP contribution in [0.3, 0.4) is 0 Å². The van der Waals surface area contributed by atoms with Crippen LogP contribution in [-0.4, -0.2) is 28.4 Å². The van der Waals surface area contributed by atoms with Gasteiger partial charge in [-0.1, -0.05) is 0 Å². The van der Waals surface area contributed by atoms with Gasteiger partial charge in [-0.3, -0.25) is 4.79 Å². The summed E-state index contributed by atoms with van der Waals surface area (Å²) in [6.07, 6.45) is 0. The predicted molar refractivity (Wildman–Crippen MR) is 45.6 cm³/mol. The lowest BCUT2D eigenvalue weighted by Crippen LogP contribution is -2.15. The number of esters is 1. The number of nitrogens with zero attached hydrogens (tertiary/aromatic N) is 1. The second-order valence-corrected chi connectivity index (χ2v) is 2.85. The minimum absolute atomic E-state index is 0.150. The van der Waals surface area contributed by atoms with Crippen molar-refractivity contribution in [2.75, 3.05) is 7.11 Å². The molecule has 1 rings (SSSR count). The summed E-state index contributed by atoms with van der Waals surface area (Å²) in [6.45, 7) is 0. The molecule has 0 atom stereocenters. The average Bonchev–Trinajstić information content (AvgIpc) is 2.13. The van der Waals surface area contributed by atoms with Crippen molar-refractivity contribution in [3.63, 3.8) is 0 Å². The molecule has 2 N–H and O–H groups in total.